The lowest BCUT2D eigenvalue weighted by Gasteiger charge is -2.19. The van der Waals surface area contributed by atoms with Crippen LogP contribution in [0.2, 0.25) is 0 Å². The number of nitrogens with zero attached hydrogens (tertiary/aromatic N) is 1. The fourth-order valence-corrected chi connectivity index (χ4v) is 4.39. The first-order valence-corrected chi connectivity index (χ1v) is 10.9. The van der Waals surface area contributed by atoms with Gasteiger partial charge >= 0.3 is 12.3 Å². The smallest absolute Gasteiger partial charge is 0.481 e. The number of aliphatic carboxylic acids is 1. The van der Waals surface area contributed by atoms with Gasteiger partial charge in [0.2, 0.25) is 10.0 Å². The van der Waals surface area contributed by atoms with Crippen molar-refractivity contribution in [2.45, 2.75) is 50.5 Å². The van der Waals surface area contributed by atoms with Crippen molar-refractivity contribution in [2.75, 3.05) is 20.2 Å². The second-order valence-electron chi connectivity index (χ2n) is 7.80. The number of likely N-dealkylation sites (N-methyl/N-ethyl adjacent to an activating group) is 1. The van der Waals surface area contributed by atoms with E-state index in [2.05, 4.69) is 4.74 Å². The van der Waals surface area contributed by atoms with Crippen molar-refractivity contribution in [3.63, 3.8) is 0 Å². The van der Waals surface area contributed by atoms with Crippen LogP contribution in [0.1, 0.15) is 32.3 Å². The molecule has 1 aromatic rings. The molecule has 2 atom stereocenters. The van der Waals surface area contributed by atoms with Crippen LogP contribution in [0.4, 0.5) is 13.2 Å². The summed E-state index contributed by atoms with van der Waals surface area (Å²) in [5.41, 5.74) is 0.251. The first-order chi connectivity index (χ1) is 13.8. The third-order valence-corrected chi connectivity index (χ3v) is 6.43. The molecule has 170 valence electrons. The Hall–Kier alpha value is -1.85. The molecule has 1 N–H and O–H groups in total. The van der Waals surface area contributed by atoms with Gasteiger partial charge in [0.25, 0.3) is 0 Å². The zero-order valence-corrected chi connectivity index (χ0v) is 17.8. The number of aryl methyl sites for hydroxylation is 1. The average Bonchev–Trinajstić information content (AvgIpc) is 3.40. The van der Waals surface area contributed by atoms with Crippen LogP contribution in [0.5, 0.6) is 5.75 Å². The molecule has 7 nitrogen and oxygen atoms in total. The van der Waals surface area contributed by atoms with Crippen molar-refractivity contribution in [1.82, 2.24) is 4.31 Å². The predicted molar refractivity (Wildman–Crippen MR) is 102 cm³/mol. The topological polar surface area (TPSA) is 96.4 Å². The first-order valence-electron chi connectivity index (χ1n) is 9.48. The number of carboxylic acid groups (broad SMARTS) is 1. The van der Waals surface area contributed by atoms with E-state index in [0.717, 1.165) is 16.4 Å². The highest BCUT2D eigenvalue weighted by atomic mass is 32.2. The van der Waals surface area contributed by atoms with Gasteiger partial charge in [-0.2, -0.15) is 4.31 Å². The number of alkyl halides is 3. The number of epoxide rings is 1. The zero-order valence-electron chi connectivity index (χ0n) is 17.0. The Labute approximate surface area is 173 Å². The van der Waals surface area contributed by atoms with E-state index in [9.17, 15) is 31.5 Å². The third-order valence-electron chi connectivity index (χ3n) is 4.63. The van der Waals surface area contributed by atoms with Crippen molar-refractivity contribution in [1.29, 1.82) is 0 Å². The van der Waals surface area contributed by atoms with Gasteiger partial charge in [0.1, 0.15) is 5.75 Å². The van der Waals surface area contributed by atoms with Crippen LogP contribution in [0.3, 0.4) is 0 Å². The molecule has 1 aliphatic rings. The summed E-state index contributed by atoms with van der Waals surface area (Å²) in [5, 5.41) is 9.37. The molecule has 1 heterocycles. The molecule has 0 spiro atoms. The molecule has 0 radical (unpaired) electrons. The second-order valence-corrected chi connectivity index (χ2v) is 9.85. The summed E-state index contributed by atoms with van der Waals surface area (Å²) >= 11 is 0. The van der Waals surface area contributed by atoms with Gasteiger partial charge in [-0.25, -0.2) is 8.42 Å². The Morgan fingerprint density at radius 1 is 1.33 bits per heavy atom. The molecule has 0 amide bonds. The highest BCUT2D eigenvalue weighted by Gasteiger charge is 2.34. The Morgan fingerprint density at radius 3 is 2.47 bits per heavy atom. The maximum atomic E-state index is 12.8. The van der Waals surface area contributed by atoms with Gasteiger partial charge in [-0.1, -0.05) is 13.8 Å². The molecule has 1 saturated heterocycles. The van der Waals surface area contributed by atoms with Gasteiger partial charge in [0.15, 0.2) is 0 Å². The normalized spacial score (nSPS) is 17.9. The van der Waals surface area contributed by atoms with E-state index in [1.54, 1.807) is 0 Å². The van der Waals surface area contributed by atoms with Gasteiger partial charge in [-0.15, -0.1) is 13.2 Å². The fourth-order valence-electron chi connectivity index (χ4n) is 3.11. The highest BCUT2D eigenvalue weighted by Crippen LogP contribution is 2.30. The van der Waals surface area contributed by atoms with Gasteiger partial charge in [-0.3, -0.25) is 4.79 Å². The summed E-state index contributed by atoms with van der Waals surface area (Å²) < 4.78 is 73.7. The van der Waals surface area contributed by atoms with Gasteiger partial charge in [-0.05, 0) is 42.9 Å². The van der Waals surface area contributed by atoms with E-state index in [1.165, 1.54) is 13.1 Å². The second kappa shape index (κ2) is 9.52. The lowest BCUT2D eigenvalue weighted by atomic mass is 9.91. The number of halogens is 3. The number of sulfonamides is 1. The lowest BCUT2D eigenvalue weighted by Crippen LogP contribution is -2.30. The molecular formula is C19H26F3NO6S. The Morgan fingerprint density at radius 2 is 1.97 bits per heavy atom. The maximum absolute atomic E-state index is 12.8. The number of carboxylic acids is 1. The predicted octanol–water partition coefficient (Wildman–Crippen LogP) is 3.28. The van der Waals surface area contributed by atoms with Crippen molar-refractivity contribution in [3.05, 3.63) is 23.8 Å². The van der Waals surface area contributed by atoms with E-state index in [-0.39, 0.29) is 41.9 Å². The number of ether oxygens (including phenoxy) is 2. The van der Waals surface area contributed by atoms with E-state index in [1.807, 2.05) is 13.8 Å². The van der Waals surface area contributed by atoms with E-state index in [4.69, 9.17) is 4.74 Å². The van der Waals surface area contributed by atoms with Crippen molar-refractivity contribution in [3.8, 4) is 5.75 Å². The molecule has 2 rings (SSSR count). The molecule has 1 aliphatic heterocycles. The van der Waals surface area contributed by atoms with Crippen LogP contribution < -0.4 is 4.74 Å². The molecule has 30 heavy (non-hydrogen) atoms. The van der Waals surface area contributed by atoms with Crippen molar-refractivity contribution in [2.24, 2.45) is 11.8 Å². The minimum atomic E-state index is -4.99. The summed E-state index contributed by atoms with van der Waals surface area (Å²) in [5.74, 6) is -2.22. The fraction of sp³-hybridized carbons (Fsp3) is 0.632. The number of hydrogen-bond donors (Lipinski definition) is 1. The van der Waals surface area contributed by atoms with Crippen LogP contribution in [0.15, 0.2) is 23.1 Å². The Balaban J connectivity index is 2.30. The highest BCUT2D eigenvalue weighted by molar-refractivity contribution is 7.89. The summed E-state index contributed by atoms with van der Waals surface area (Å²) in [6.45, 7) is 4.25. The molecule has 0 saturated carbocycles. The number of benzene rings is 1. The number of rotatable bonds is 11. The summed E-state index contributed by atoms with van der Waals surface area (Å²) in [7, 11) is -2.76. The molecular weight excluding hydrogens is 427 g/mol. The summed E-state index contributed by atoms with van der Waals surface area (Å²) in [4.78, 5) is 11.1. The molecule has 1 aromatic carbocycles. The number of hydrogen-bond acceptors (Lipinski definition) is 5. The minimum Gasteiger partial charge on any atom is -0.481 e. The third kappa shape index (κ3) is 7.44. The van der Waals surface area contributed by atoms with E-state index >= 15 is 0 Å². The number of carbonyl (C=O) groups is 1. The molecule has 11 heteroatoms. The standard InChI is InChI=1S/C19H26F3NO6S/c1-12(2)6-14(18(24)25)5-4-13-7-15(29-19(20,21)22)9-17(8-13)30(26,27)23(3)10-16-11-28-16/h7-9,12,14,16H,4-6,10-11H2,1-3H3,(H,24,25). The Bertz CT molecular complexity index is 852. The SMILES string of the molecule is CC(C)CC(CCc1cc(OC(F)(F)F)cc(S(=O)(=O)N(C)CC2CO2)c1)C(=O)O. The van der Waals surface area contributed by atoms with Gasteiger partial charge < -0.3 is 14.6 Å². The lowest BCUT2D eigenvalue weighted by molar-refractivity contribution is -0.274. The Kier molecular flexibility index (Phi) is 7.75. The molecule has 0 aliphatic carbocycles. The van der Waals surface area contributed by atoms with Crippen molar-refractivity contribution < 1.29 is 41.0 Å². The molecule has 2 unspecified atom stereocenters. The van der Waals surface area contributed by atoms with Crippen LogP contribution in [0, 0.1) is 11.8 Å². The first kappa shape index (κ1) is 24.4. The van der Waals surface area contributed by atoms with Crippen LogP contribution in [0.25, 0.3) is 0 Å². The van der Waals surface area contributed by atoms with Gasteiger partial charge in [0, 0.05) is 19.7 Å². The maximum Gasteiger partial charge on any atom is 0.573 e. The quantitative estimate of drug-likeness (QED) is 0.517. The largest absolute Gasteiger partial charge is 0.573 e. The molecule has 0 aromatic heterocycles. The summed E-state index contributed by atoms with van der Waals surface area (Å²) in [6, 6.07) is 3.17. The van der Waals surface area contributed by atoms with E-state index in [0.29, 0.717) is 13.0 Å². The van der Waals surface area contributed by atoms with Gasteiger partial charge in [0.05, 0.1) is 23.5 Å². The molecule has 1 fully saturated rings. The van der Waals surface area contributed by atoms with Crippen LogP contribution >= 0.6 is 0 Å². The average molecular weight is 453 g/mol. The molecule has 0 bridgehead atoms. The zero-order chi connectivity index (χ0) is 22.7. The van der Waals surface area contributed by atoms with Crippen LogP contribution in [-0.2, 0) is 26.0 Å². The monoisotopic (exact) mass is 453 g/mol. The van der Waals surface area contributed by atoms with E-state index < -0.39 is 34.0 Å². The summed E-state index contributed by atoms with van der Waals surface area (Å²) in [6.07, 6.45) is -4.56. The van der Waals surface area contributed by atoms with Crippen molar-refractivity contribution >= 4 is 16.0 Å². The minimum absolute atomic E-state index is 0.0809. The van der Waals surface area contributed by atoms with Crippen LogP contribution in [-0.4, -0.2) is 56.5 Å².